The molecule has 0 amide bonds. The van der Waals surface area contributed by atoms with E-state index in [9.17, 15) is 0 Å². The summed E-state index contributed by atoms with van der Waals surface area (Å²) >= 11 is 0. The van der Waals surface area contributed by atoms with Crippen LogP contribution in [0.4, 0.5) is 0 Å². The molecule has 1 unspecified atom stereocenters. The van der Waals surface area contributed by atoms with Crippen LogP contribution >= 0.6 is 0 Å². The van der Waals surface area contributed by atoms with Gasteiger partial charge in [-0.05, 0) is 37.9 Å². The Bertz CT molecular complexity index is 374. The smallest absolute Gasteiger partial charge is 0.0344 e. The first-order chi connectivity index (χ1) is 7.77. The first kappa shape index (κ1) is 12.7. The van der Waals surface area contributed by atoms with Crippen LogP contribution in [0, 0.1) is 18.8 Å². The van der Waals surface area contributed by atoms with Crippen molar-refractivity contribution in [3.05, 3.63) is 29.6 Å². The summed E-state index contributed by atoms with van der Waals surface area (Å²) < 4.78 is 0. The van der Waals surface area contributed by atoms with Crippen molar-refractivity contribution in [3.63, 3.8) is 0 Å². The second kappa shape index (κ2) is 7.03. The second-order valence-electron chi connectivity index (χ2n) is 3.87. The third-order valence-corrected chi connectivity index (χ3v) is 2.48. The van der Waals surface area contributed by atoms with Crippen LogP contribution < -0.4 is 5.32 Å². The van der Waals surface area contributed by atoms with Crippen molar-refractivity contribution in [2.24, 2.45) is 0 Å². The molecule has 0 aliphatic rings. The highest BCUT2D eigenvalue weighted by atomic mass is 14.9. The molecule has 0 aliphatic heterocycles. The highest BCUT2D eigenvalue weighted by molar-refractivity contribution is 5.20. The summed E-state index contributed by atoms with van der Waals surface area (Å²) in [6, 6.07) is 2.57. The molecule has 1 heterocycles. The van der Waals surface area contributed by atoms with Gasteiger partial charge in [-0.25, -0.2) is 0 Å². The number of aromatic nitrogens is 1. The average molecular weight is 216 g/mol. The molecule has 86 valence electrons. The molecule has 0 aliphatic carbocycles. The Morgan fingerprint density at radius 1 is 1.44 bits per heavy atom. The summed E-state index contributed by atoms with van der Waals surface area (Å²) in [6.45, 7) is 7.06. The topological polar surface area (TPSA) is 24.9 Å². The maximum Gasteiger partial charge on any atom is 0.0344 e. The van der Waals surface area contributed by atoms with E-state index in [1.165, 1.54) is 11.1 Å². The third-order valence-electron chi connectivity index (χ3n) is 2.48. The van der Waals surface area contributed by atoms with Crippen molar-refractivity contribution in [1.82, 2.24) is 10.3 Å². The first-order valence-electron chi connectivity index (χ1n) is 5.82. The van der Waals surface area contributed by atoms with Crippen LogP contribution in [0.2, 0.25) is 0 Å². The zero-order valence-electron chi connectivity index (χ0n) is 10.4. The molecule has 2 heteroatoms. The molecule has 0 spiro atoms. The molecule has 1 N–H and O–H groups in total. The largest absolute Gasteiger partial charge is 0.310 e. The van der Waals surface area contributed by atoms with Crippen molar-refractivity contribution < 1.29 is 0 Å². The lowest BCUT2D eigenvalue weighted by Crippen LogP contribution is -2.21. The Morgan fingerprint density at radius 2 is 2.25 bits per heavy atom. The Hall–Kier alpha value is -1.33. The molecule has 1 atom stereocenters. The van der Waals surface area contributed by atoms with Gasteiger partial charge in [0.05, 0.1) is 0 Å². The van der Waals surface area contributed by atoms with Gasteiger partial charge in [0.25, 0.3) is 0 Å². The predicted molar refractivity (Wildman–Crippen MR) is 68.1 cm³/mol. The molecule has 0 radical (unpaired) electrons. The average Bonchev–Trinajstić information content (AvgIpc) is 2.28. The standard InChI is InChI=1S/C14H20N2/c1-4-6-7-8-14(16-5-2)13-9-12(3)10-15-11-13/h9-11,14,16H,5,7-8H2,1-3H3. The van der Waals surface area contributed by atoms with Gasteiger partial charge in [-0.15, -0.1) is 11.8 Å². The van der Waals surface area contributed by atoms with E-state index < -0.39 is 0 Å². The number of hydrogen-bond donors (Lipinski definition) is 1. The van der Waals surface area contributed by atoms with E-state index in [1.54, 1.807) is 0 Å². The Morgan fingerprint density at radius 3 is 2.88 bits per heavy atom. The molecule has 1 rings (SSSR count). The Kier molecular flexibility index (Phi) is 5.60. The van der Waals surface area contributed by atoms with Crippen LogP contribution in [0.1, 0.15) is 43.9 Å². The van der Waals surface area contributed by atoms with Crippen molar-refractivity contribution in [2.45, 2.75) is 39.7 Å². The maximum atomic E-state index is 4.24. The fraction of sp³-hybridized carbons (Fsp3) is 0.500. The van der Waals surface area contributed by atoms with Gasteiger partial charge in [0.1, 0.15) is 0 Å². The zero-order valence-corrected chi connectivity index (χ0v) is 10.4. The second-order valence-corrected chi connectivity index (χ2v) is 3.87. The van der Waals surface area contributed by atoms with E-state index in [0.717, 1.165) is 19.4 Å². The van der Waals surface area contributed by atoms with Gasteiger partial charge in [0.2, 0.25) is 0 Å². The van der Waals surface area contributed by atoms with Crippen molar-refractivity contribution in [1.29, 1.82) is 0 Å². The Labute approximate surface area is 98.5 Å². The predicted octanol–water partition coefficient (Wildman–Crippen LogP) is 2.84. The molecule has 1 aromatic heterocycles. The van der Waals surface area contributed by atoms with Crippen molar-refractivity contribution in [3.8, 4) is 11.8 Å². The summed E-state index contributed by atoms with van der Waals surface area (Å²) in [5.41, 5.74) is 2.47. The molecule has 0 saturated heterocycles. The van der Waals surface area contributed by atoms with Crippen LogP contribution in [-0.4, -0.2) is 11.5 Å². The first-order valence-corrected chi connectivity index (χ1v) is 5.82. The van der Waals surface area contributed by atoms with Crippen LogP contribution in [0.3, 0.4) is 0 Å². The number of nitrogens with zero attached hydrogens (tertiary/aromatic N) is 1. The van der Waals surface area contributed by atoms with E-state index in [0.29, 0.717) is 6.04 Å². The fourth-order valence-electron chi connectivity index (χ4n) is 1.74. The third kappa shape index (κ3) is 4.04. The normalized spacial score (nSPS) is 11.7. The molecular weight excluding hydrogens is 196 g/mol. The number of rotatable bonds is 5. The van der Waals surface area contributed by atoms with E-state index in [2.05, 4.69) is 42.1 Å². The van der Waals surface area contributed by atoms with Gasteiger partial charge in [-0.2, -0.15) is 0 Å². The van der Waals surface area contributed by atoms with E-state index in [4.69, 9.17) is 0 Å². The van der Waals surface area contributed by atoms with Gasteiger partial charge in [-0.1, -0.05) is 13.0 Å². The van der Waals surface area contributed by atoms with Crippen molar-refractivity contribution >= 4 is 0 Å². The lowest BCUT2D eigenvalue weighted by atomic mass is 10.0. The summed E-state index contributed by atoms with van der Waals surface area (Å²) in [4.78, 5) is 4.24. The molecule has 0 saturated carbocycles. The lowest BCUT2D eigenvalue weighted by molar-refractivity contribution is 0.521. The highest BCUT2D eigenvalue weighted by Gasteiger charge is 2.09. The van der Waals surface area contributed by atoms with Crippen molar-refractivity contribution in [2.75, 3.05) is 6.54 Å². The van der Waals surface area contributed by atoms with Crippen LogP contribution in [0.5, 0.6) is 0 Å². The van der Waals surface area contributed by atoms with Crippen LogP contribution in [0.15, 0.2) is 18.5 Å². The van der Waals surface area contributed by atoms with Gasteiger partial charge in [-0.3, -0.25) is 4.98 Å². The number of hydrogen-bond acceptors (Lipinski definition) is 2. The molecule has 1 aromatic rings. The Balaban J connectivity index is 2.70. The minimum absolute atomic E-state index is 0.373. The molecular formula is C14H20N2. The number of pyridine rings is 1. The molecule has 16 heavy (non-hydrogen) atoms. The quantitative estimate of drug-likeness (QED) is 0.766. The van der Waals surface area contributed by atoms with Crippen LogP contribution in [-0.2, 0) is 0 Å². The van der Waals surface area contributed by atoms with Gasteiger partial charge >= 0.3 is 0 Å². The van der Waals surface area contributed by atoms with Gasteiger partial charge in [0, 0.05) is 24.9 Å². The molecule has 2 nitrogen and oxygen atoms in total. The minimum atomic E-state index is 0.373. The minimum Gasteiger partial charge on any atom is -0.310 e. The summed E-state index contributed by atoms with van der Waals surface area (Å²) in [6.07, 6.45) is 5.81. The highest BCUT2D eigenvalue weighted by Crippen LogP contribution is 2.18. The van der Waals surface area contributed by atoms with Gasteiger partial charge in [0.15, 0.2) is 0 Å². The number of nitrogens with one attached hydrogen (secondary N) is 1. The summed E-state index contributed by atoms with van der Waals surface area (Å²) in [5.74, 6) is 6.05. The number of aryl methyl sites for hydroxylation is 1. The van der Waals surface area contributed by atoms with Gasteiger partial charge < -0.3 is 5.32 Å². The SMILES string of the molecule is CC#CCCC(NCC)c1cncc(C)c1. The summed E-state index contributed by atoms with van der Waals surface area (Å²) in [5, 5.41) is 3.48. The molecule has 0 fully saturated rings. The van der Waals surface area contributed by atoms with Crippen LogP contribution in [0.25, 0.3) is 0 Å². The monoisotopic (exact) mass is 216 g/mol. The maximum absolute atomic E-state index is 4.24. The van der Waals surface area contributed by atoms with E-state index in [1.807, 2.05) is 19.3 Å². The zero-order chi connectivity index (χ0) is 11.8. The molecule has 0 aromatic carbocycles. The van der Waals surface area contributed by atoms with E-state index in [-0.39, 0.29) is 0 Å². The fourth-order valence-corrected chi connectivity index (χ4v) is 1.74. The summed E-state index contributed by atoms with van der Waals surface area (Å²) in [7, 11) is 0. The lowest BCUT2D eigenvalue weighted by Gasteiger charge is -2.17. The van der Waals surface area contributed by atoms with E-state index >= 15 is 0 Å². The molecule has 0 bridgehead atoms.